The molecule has 6 aromatic rings. The number of carbonyl (C=O) groups excluding carboxylic acids is 7. The fraction of sp³-hybridized carbons (Fsp3) is 0.417. The summed E-state index contributed by atoms with van der Waals surface area (Å²) in [5.41, 5.74) is 0.609. The zero-order valence-electron chi connectivity index (χ0n) is 49.6. The predicted molar refractivity (Wildman–Crippen MR) is 309 cm³/mol. The highest BCUT2D eigenvalue weighted by Gasteiger charge is 2.42. The Bertz CT molecular complexity index is 3260. The molecular formula is C60H72N4O17P2. The van der Waals surface area contributed by atoms with E-state index in [1.54, 1.807) is 75.6 Å². The SMILES string of the molecule is CCOC(=O)c1ccn(P(Oc2cc(C(C)(C)C)cc3c2Oc2c(OP(n4cc(C(=O)OCC)c(C(=O)OCC)c4)n4cc(C(=O)OCC)c(C(=O)OCC)c4)cc(C(C)(C)C)cc2C3(C)C)n2cc(C(=O)OCC)c(C(=O)OCC)c2)c1. The van der Waals surface area contributed by atoms with Crippen LogP contribution in [0.5, 0.6) is 23.0 Å². The molecule has 4 aromatic heterocycles. The third-order valence-corrected chi connectivity index (χ3v) is 16.4. The fourth-order valence-electron chi connectivity index (χ4n) is 8.87. The molecule has 0 amide bonds. The van der Waals surface area contributed by atoms with E-state index in [4.69, 9.17) is 46.9 Å². The van der Waals surface area contributed by atoms with Crippen LogP contribution in [0.15, 0.2) is 79.9 Å². The Morgan fingerprint density at radius 3 is 0.976 bits per heavy atom. The summed E-state index contributed by atoms with van der Waals surface area (Å²) >= 11 is 0. The summed E-state index contributed by atoms with van der Waals surface area (Å²) in [5, 5.41) is 0. The van der Waals surface area contributed by atoms with Crippen molar-refractivity contribution in [3.63, 3.8) is 0 Å². The van der Waals surface area contributed by atoms with Gasteiger partial charge in [-0.05, 0) is 88.6 Å². The lowest BCUT2D eigenvalue weighted by Crippen LogP contribution is -2.27. The van der Waals surface area contributed by atoms with Crippen LogP contribution < -0.4 is 13.8 Å². The zero-order valence-corrected chi connectivity index (χ0v) is 51.4. The van der Waals surface area contributed by atoms with E-state index in [0.717, 1.165) is 11.1 Å². The van der Waals surface area contributed by atoms with Crippen molar-refractivity contribution in [3.05, 3.63) is 141 Å². The molecule has 0 saturated carbocycles. The zero-order chi connectivity index (χ0) is 60.9. The van der Waals surface area contributed by atoms with E-state index >= 15 is 0 Å². The van der Waals surface area contributed by atoms with Crippen LogP contribution >= 0.6 is 16.9 Å². The van der Waals surface area contributed by atoms with Crippen LogP contribution in [0.25, 0.3) is 0 Å². The van der Waals surface area contributed by atoms with E-state index in [9.17, 15) is 33.6 Å². The number of aromatic nitrogens is 4. The van der Waals surface area contributed by atoms with Gasteiger partial charge in [-0.3, -0.25) is 17.4 Å². The maximum absolute atomic E-state index is 13.7. The molecule has 21 nitrogen and oxygen atoms in total. The Labute approximate surface area is 485 Å². The predicted octanol–water partition coefficient (Wildman–Crippen LogP) is 12.6. The van der Waals surface area contributed by atoms with E-state index in [1.807, 2.05) is 46.8 Å². The highest BCUT2D eigenvalue weighted by Crippen LogP contribution is 2.60. The third-order valence-electron chi connectivity index (χ3n) is 13.1. The summed E-state index contributed by atoms with van der Waals surface area (Å²) < 4.78 is 65.8. The van der Waals surface area contributed by atoms with Gasteiger partial charge in [0.1, 0.15) is 0 Å². The molecule has 7 rings (SSSR count). The smallest absolute Gasteiger partial charge is 0.340 e. The van der Waals surface area contributed by atoms with Gasteiger partial charge in [-0.15, -0.1) is 0 Å². The summed E-state index contributed by atoms with van der Waals surface area (Å²) in [7, 11) is -4.73. The van der Waals surface area contributed by atoms with Crippen molar-refractivity contribution >= 4 is 58.7 Å². The molecule has 2 aromatic carbocycles. The first-order chi connectivity index (χ1) is 39.3. The highest BCUT2D eigenvalue weighted by atomic mass is 31.2. The summed E-state index contributed by atoms with van der Waals surface area (Å²) in [5.74, 6) is -4.56. The summed E-state index contributed by atoms with van der Waals surface area (Å²) in [6.07, 6.45) is 11.6. The molecule has 0 fully saturated rings. The minimum Gasteiger partial charge on any atom is -0.462 e. The maximum Gasteiger partial charge on any atom is 0.340 e. The monoisotopic (exact) mass is 1180 g/mol. The Balaban J connectivity index is 1.52. The topological polar surface area (TPSA) is 232 Å². The van der Waals surface area contributed by atoms with Crippen molar-refractivity contribution in [1.82, 2.24) is 17.4 Å². The molecule has 0 N–H and O–H groups in total. The number of ether oxygens (including phenoxy) is 8. The van der Waals surface area contributed by atoms with Crippen molar-refractivity contribution in [2.24, 2.45) is 0 Å². The van der Waals surface area contributed by atoms with Gasteiger partial charge in [-0.25, -0.2) is 33.6 Å². The standard InChI is InChI=1S/C60H72N4O17P2/c1-16-72-51(65)36-23-24-61(29-36)82(62-30-39(52(66)73-17-2)40(31-62)53(67)74-18-3)80-47-27-37(58(8,9)10)25-45-49(47)79-50-46(60(45,14)15)26-38(59(11,12)13)28-48(50)81-83(63-32-41(54(68)75-19-4)42(33-63)55(69)76-20-5)64-34-43(56(70)77-21-6)44(35-64)57(71)78-22-7/h23-35H,16-22H2,1-15H3. The van der Waals surface area contributed by atoms with Gasteiger partial charge in [0.2, 0.25) is 0 Å². The van der Waals surface area contributed by atoms with Crippen LogP contribution in [0.1, 0.15) is 199 Å². The molecule has 23 heteroatoms. The second-order valence-corrected chi connectivity index (χ2v) is 24.6. The number of hydrogen-bond acceptors (Lipinski definition) is 17. The Hall–Kier alpha value is -7.89. The van der Waals surface area contributed by atoms with Crippen LogP contribution in [-0.4, -0.2) is 105 Å². The second-order valence-electron chi connectivity index (χ2n) is 21.3. The largest absolute Gasteiger partial charge is 0.462 e. The maximum atomic E-state index is 13.7. The van der Waals surface area contributed by atoms with Crippen molar-refractivity contribution in [2.75, 3.05) is 46.2 Å². The van der Waals surface area contributed by atoms with E-state index in [0.29, 0.717) is 11.1 Å². The molecular weight excluding hydrogens is 1110 g/mol. The van der Waals surface area contributed by atoms with Crippen LogP contribution in [0.4, 0.5) is 0 Å². The second kappa shape index (κ2) is 25.7. The van der Waals surface area contributed by atoms with Gasteiger partial charge in [0, 0.05) is 66.1 Å². The number of carbonyl (C=O) groups is 7. The van der Waals surface area contributed by atoms with Crippen molar-refractivity contribution in [2.45, 2.75) is 120 Å². The third kappa shape index (κ3) is 13.3. The van der Waals surface area contributed by atoms with Gasteiger partial charge < -0.3 is 46.9 Å². The van der Waals surface area contributed by atoms with Crippen molar-refractivity contribution in [1.29, 1.82) is 0 Å². The number of nitrogens with zero attached hydrogens (tertiary/aromatic N) is 4. The molecule has 5 heterocycles. The molecule has 1 atom stereocenters. The van der Waals surface area contributed by atoms with Gasteiger partial charge in [0.05, 0.1) is 85.2 Å². The molecule has 0 spiro atoms. The molecule has 0 saturated heterocycles. The molecule has 0 radical (unpaired) electrons. The first-order valence-electron chi connectivity index (χ1n) is 27.3. The van der Waals surface area contributed by atoms with E-state index in [-0.39, 0.29) is 108 Å². The Kier molecular flexibility index (Phi) is 19.4. The van der Waals surface area contributed by atoms with Gasteiger partial charge in [0.25, 0.3) is 0 Å². The van der Waals surface area contributed by atoms with Gasteiger partial charge >= 0.3 is 58.7 Å². The molecule has 1 unspecified atom stereocenters. The number of benzene rings is 2. The summed E-state index contributed by atoms with van der Waals surface area (Å²) in [6.45, 7) is 28.0. The molecule has 83 heavy (non-hydrogen) atoms. The molecule has 1 aliphatic rings. The minimum atomic E-state index is -2.47. The molecule has 444 valence electrons. The van der Waals surface area contributed by atoms with E-state index in [2.05, 4.69) is 32.9 Å². The van der Waals surface area contributed by atoms with Crippen LogP contribution in [0, 0.1) is 0 Å². The van der Waals surface area contributed by atoms with E-state index in [1.165, 1.54) is 45.9 Å². The Morgan fingerprint density at radius 1 is 0.422 bits per heavy atom. The van der Waals surface area contributed by atoms with Crippen molar-refractivity contribution in [3.8, 4) is 23.0 Å². The quantitative estimate of drug-likeness (QED) is 0.0349. The lowest BCUT2D eigenvalue weighted by molar-refractivity contribution is 0.0480. The first-order valence-corrected chi connectivity index (χ1v) is 29.7. The van der Waals surface area contributed by atoms with Gasteiger partial charge in [-0.2, -0.15) is 0 Å². The highest BCUT2D eigenvalue weighted by molar-refractivity contribution is 7.50. The fourth-order valence-corrected chi connectivity index (χ4v) is 12.0. The lowest BCUT2D eigenvalue weighted by atomic mass is 9.72. The average molecular weight is 1180 g/mol. The average Bonchev–Trinajstić information content (AvgIpc) is 2.02. The minimum absolute atomic E-state index is 0.0130. The number of esters is 7. The van der Waals surface area contributed by atoms with Crippen LogP contribution in [-0.2, 0) is 49.4 Å². The summed E-state index contributed by atoms with van der Waals surface area (Å²) in [4.78, 5) is 95.1. The molecule has 1 aliphatic heterocycles. The molecule has 0 bridgehead atoms. The lowest BCUT2D eigenvalue weighted by Gasteiger charge is -2.39. The van der Waals surface area contributed by atoms with E-state index < -0.39 is 74.9 Å². The molecule has 0 aliphatic carbocycles. The number of fused-ring (bicyclic) bond motifs is 2. The van der Waals surface area contributed by atoms with Crippen molar-refractivity contribution < 1.29 is 80.5 Å². The van der Waals surface area contributed by atoms with Crippen LogP contribution in [0.2, 0.25) is 0 Å². The van der Waals surface area contributed by atoms with Gasteiger partial charge in [0.15, 0.2) is 23.0 Å². The number of hydrogen-bond donors (Lipinski definition) is 0. The normalized spacial score (nSPS) is 13.0. The van der Waals surface area contributed by atoms with Gasteiger partial charge in [-0.1, -0.05) is 67.5 Å². The summed E-state index contributed by atoms with van der Waals surface area (Å²) in [6, 6.07) is 9.35. The first kappa shape index (κ1) is 62.7. The Morgan fingerprint density at radius 2 is 0.699 bits per heavy atom. The number of rotatable bonds is 22. The van der Waals surface area contributed by atoms with Crippen LogP contribution in [0.3, 0.4) is 0 Å².